The van der Waals surface area contributed by atoms with Gasteiger partial charge in [-0.3, -0.25) is 4.98 Å². The summed E-state index contributed by atoms with van der Waals surface area (Å²) in [7, 11) is 0. The molecule has 8 atom stereocenters. The summed E-state index contributed by atoms with van der Waals surface area (Å²) in [5, 5.41) is 21.6. The lowest BCUT2D eigenvalue weighted by Crippen LogP contribution is -2.67. The fourth-order valence-electron chi connectivity index (χ4n) is 7.75. The van der Waals surface area contributed by atoms with Crippen molar-refractivity contribution in [3.8, 4) is 0 Å². The second-order valence-electron chi connectivity index (χ2n) is 10.4. The number of hydrogen-bond donors (Lipinski definition) is 2. The Hall–Kier alpha value is -1.26. The van der Waals surface area contributed by atoms with Crippen LogP contribution >= 0.6 is 0 Å². The third-order valence-electron chi connectivity index (χ3n) is 9.34. The van der Waals surface area contributed by atoms with E-state index in [1.807, 2.05) is 18.5 Å². The minimum absolute atomic E-state index is 0.0594. The van der Waals surface area contributed by atoms with Crippen LogP contribution in [0.25, 0.3) is 5.57 Å². The molecule has 28 heavy (non-hydrogen) atoms. The Bertz CT molecular complexity index is 797. The van der Waals surface area contributed by atoms with Crippen molar-refractivity contribution >= 4 is 5.57 Å². The number of alkyl halides is 1. The highest BCUT2D eigenvalue weighted by molar-refractivity contribution is 5.72. The molecule has 1 aromatic rings. The molecule has 3 saturated carbocycles. The van der Waals surface area contributed by atoms with E-state index in [1.165, 1.54) is 11.1 Å². The van der Waals surface area contributed by atoms with Crippen LogP contribution in [-0.2, 0) is 0 Å². The first-order valence-corrected chi connectivity index (χ1v) is 11.0. The zero-order chi connectivity index (χ0) is 19.7. The van der Waals surface area contributed by atoms with Crippen molar-refractivity contribution in [1.29, 1.82) is 0 Å². The summed E-state index contributed by atoms with van der Waals surface area (Å²) >= 11 is 0. The van der Waals surface area contributed by atoms with Gasteiger partial charge in [0.15, 0.2) is 0 Å². The first-order valence-electron chi connectivity index (χ1n) is 11.0. The Morgan fingerprint density at radius 2 is 2.00 bits per heavy atom. The van der Waals surface area contributed by atoms with Gasteiger partial charge in [-0.2, -0.15) is 0 Å². The van der Waals surface area contributed by atoms with Gasteiger partial charge < -0.3 is 10.2 Å². The van der Waals surface area contributed by atoms with Gasteiger partial charge in [-0.25, -0.2) is 4.39 Å². The largest absolute Gasteiger partial charge is 0.393 e. The van der Waals surface area contributed by atoms with Gasteiger partial charge in [0.05, 0.1) is 6.10 Å². The van der Waals surface area contributed by atoms with Crippen molar-refractivity contribution in [1.82, 2.24) is 4.98 Å². The maximum atomic E-state index is 15.5. The van der Waals surface area contributed by atoms with E-state index in [0.717, 1.165) is 25.7 Å². The predicted molar refractivity (Wildman–Crippen MR) is 107 cm³/mol. The number of hydrogen-bond acceptors (Lipinski definition) is 3. The molecule has 0 radical (unpaired) electrons. The summed E-state index contributed by atoms with van der Waals surface area (Å²) in [5.74, 6) is 1.05. The zero-order valence-electron chi connectivity index (χ0n) is 16.9. The molecule has 1 aromatic heterocycles. The van der Waals surface area contributed by atoms with E-state index in [4.69, 9.17) is 0 Å². The highest BCUT2D eigenvalue weighted by Gasteiger charge is 2.67. The predicted octanol–water partition coefficient (Wildman–Crippen LogP) is 4.54. The molecule has 0 saturated heterocycles. The van der Waals surface area contributed by atoms with E-state index in [9.17, 15) is 10.2 Å². The summed E-state index contributed by atoms with van der Waals surface area (Å²) < 4.78 is 15.5. The first kappa shape index (κ1) is 18.7. The smallest absolute Gasteiger partial charge is 0.130 e. The standard InChI is InChI=1S/C24H32FNO2/c1-22-9-8-20-17(19(22)6-5-18(22)15-4-3-11-26-14-15)12-21(25)24(28)13-16(27)7-10-23(20,24)2/h3-5,11,14,16-17,19-21,27-28H,6-10,12-13H2,1-2H3/t16-,17-,19-,20-,21?,22+,23+,24-/m0/s1. The van der Waals surface area contributed by atoms with Gasteiger partial charge in [0, 0.05) is 24.2 Å². The van der Waals surface area contributed by atoms with E-state index in [2.05, 4.69) is 31.0 Å². The van der Waals surface area contributed by atoms with E-state index in [0.29, 0.717) is 30.6 Å². The lowest BCUT2D eigenvalue weighted by Gasteiger charge is -2.64. The lowest BCUT2D eigenvalue weighted by molar-refractivity contribution is -0.246. The Kier molecular flexibility index (Phi) is 4.10. The quantitative estimate of drug-likeness (QED) is 0.746. The van der Waals surface area contributed by atoms with Crippen molar-refractivity contribution in [3.63, 3.8) is 0 Å². The molecule has 2 N–H and O–H groups in total. The van der Waals surface area contributed by atoms with Crippen molar-refractivity contribution in [2.24, 2.45) is 28.6 Å². The average molecular weight is 386 g/mol. The van der Waals surface area contributed by atoms with E-state index < -0.39 is 23.3 Å². The normalized spacial score (nSPS) is 50.3. The second kappa shape index (κ2) is 6.12. The van der Waals surface area contributed by atoms with Crippen LogP contribution in [0.2, 0.25) is 0 Å². The Morgan fingerprint density at radius 1 is 1.18 bits per heavy atom. The Balaban J connectivity index is 1.49. The highest BCUT2D eigenvalue weighted by atomic mass is 19.1. The van der Waals surface area contributed by atoms with Gasteiger partial charge in [-0.15, -0.1) is 0 Å². The third kappa shape index (κ3) is 2.31. The number of aliphatic hydroxyl groups is 2. The monoisotopic (exact) mass is 385 g/mol. The number of pyridine rings is 1. The molecule has 0 aliphatic heterocycles. The van der Waals surface area contributed by atoms with E-state index >= 15 is 4.39 Å². The number of aromatic nitrogens is 1. The molecule has 4 heteroatoms. The summed E-state index contributed by atoms with van der Waals surface area (Å²) in [4.78, 5) is 4.32. The minimum Gasteiger partial charge on any atom is -0.393 e. The molecular weight excluding hydrogens is 353 g/mol. The molecular formula is C24H32FNO2. The molecule has 4 aliphatic carbocycles. The van der Waals surface area contributed by atoms with Crippen LogP contribution in [-0.4, -0.2) is 33.1 Å². The fourth-order valence-corrected chi connectivity index (χ4v) is 7.75. The van der Waals surface area contributed by atoms with Gasteiger partial charge in [0.2, 0.25) is 0 Å². The minimum atomic E-state index is -1.38. The molecule has 0 spiro atoms. The molecule has 1 heterocycles. The Morgan fingerprint density at radius 3 is 2.75 bits per heavy atom. The lowest BCUT2D eigenvalue weighted by atomic mass is 9.42. The van der Waals surface area contributed by atoms with Gasteiger partial charge in [0.1, 0.15) is 11.8 Å². The summed E-state index contributed by atoms with van der Waals surface area (Å²) in [6.45, 7) is 4.47. The summed E-state index contributed by atoms with van der Waals surface area (Å²) in [6, 6.07) is 4.13. The number of fused-ring (bicyclic) bond motifs is 5. The highest BCUT2D eigenvalue weighted by Crippen LogP contribution is 2.68. The van der Waals surface area contributed by atoms with Crippen molar-refractivity contribution in [2.75, 3.05) is 0 Å². The fraction of sp³-hybridized carbons (Fsp3) is 0.708. The van der Waals surface area contributed by atoms with Crippen LogP contribution in [0.1, 0.15) is 64.4 Å². The molecule has 152 valence electrons. The van der Waals surface area contributed by atoms with Crippen molar-refractivity contribution in [3.05, 3.63) is 36.2 Å². The summed E-state index contributed by atoms with van der Waals surface area (Å²) in [5.41, 5.74) is 0.820. The zero-order valence-corrected chi connectivity index (χ0v) is 16.9. The molecule has 5 rings (SSSR count). The number of halogens is 1. The van der Waals surface area contributed by atoms with E-state index in [1.54, 1.807) is 0 Å². The molecule has 0 aromatic carbocycles. The van der Waals surface area contributed by atoms with Gasteiger partial charge >= 0.3 is 0 Å². The van der Waals surface area contributed by atoms with Crippen LogP contribution in [0, 0.1) is 28.6 Å². The average Bonchev–Trinajstić information content (AvgIpc) is 3.03. The Labute approximate surface area is 167 Å². The third-order valence-corrected chi connectivity index (χ3v) is 9.34. The second-order valence-corrected chi connectivity index (χ2v) is 10.4. The van der Waals surface area contributed by atoms with Crippen molar-refractivity contribution < 1.29 is 14.6 Å². The number of aliphatic hydroxyl groups excluding tert-OH is 1. The van der Waals surface area contributed by atoms with Gasteiger partial charge in [-0.1, -0.05) is 26.0 Å². The molecule has 4 aliphatic rings. The first-order chi connectivity index (χ1) is 13.3. The van der Waals surface area contributed by atoms with Crippen molar-refractivity contribution in [2.45, 2.75) is 76.7 Å². The summed E-state index contributed by atoms with van der Waals surface area (Å²) in [6.07, 6.45) is 9.40. The molecule has 0 amide bonds. The maximum absolute atomic E-state index is 15.5. The van der Waals surface area contributed by atoms with Crippen LogP contribution < -0.4 is 0 Å². The molecule has 3 nitrogen and oxygen atoms in total. The van der Waals surface area contributed by atoms with Gasteiger partial charge in [-0.05, 0) is 78.9 Å². The van der Waals surface area contributed by atoms with Crippen LogP contribution in [0.15, 0.2) is 30.6 Å². The SMILES string of the molecule is C[C@]12CC[C@H]3[C@@H](CC(F)[C@@]4(O)C[C@@H](O)CC[C@]34C)[C@@H]1CC=C2c1cccnc1. The molecule has 3 fully saturated rings. The molecule has 1 unspecified atom stereocenters. The maximum Gasteiger partial charge on any atom is 0.130 e. The van der Waals surface area contributed by atoms with Crippen LogP contribution in [0.3, 0.4) is 0 Å². The number of allylic oxidation sites excluding steroid dienone is 2. The number of nitrogens with zero attached hydrogens (tertiary/aromatic N) is 1. The van der Waals surface area contributed by atoms with Crippen LogP contribution in [0.4, 0.5) is 4.39 Å². The molecule has 0 bridgehead atoms. The van der Waals surface area contributed by atoms with Gasteiger partial charge in [0.25, 0.3) is 0 Å². The van der Waals surface area contributed by atoms with E-state index in [-0.39, 0.29) is 11.8 Å². The topological polar surface area (TPSA) is 53.4 Å². The van der Waals surface area contributed by atoms with Crippen LogP contribution in [0.5, 0.6) is 0 Å². The number of rotatable bonds is 1.